The Bertz CT molecular complexity index is 916. The molecule has 6 nitrogen and oxygen atoms in total. The van der Waals surface area contributed by atoms with E-state index in [-0.39, 0.29) is 11.8 Å². The normalized spacial score (nSPS) is 19.1. The van der Waals surface area contributed by atoms with E-state index in [1.807, 2.05) is 41.3 Å². The van der Waals surface area contributed by atoms with Crippen molar-refractivity contribution in [3.8, 4) is 5.75 Å². The zero-order valence-electron chi connectivity index (χ0n) is 16.8. The number of rotatable bonds is 4. The van der Waals surface area contributed by atoms with Gasteiger partial charge in [0, 0.05) is 47.7 Å². The van der Waals surface area contributed by atoms with Crippen molar-refractivity contribution in [3.63, 3.8) is 0 Å². The van der Waals surface area contributed by atoms with Gasteiger partial charge in [0.1, 0.15) is 11.8 Å². The minimum absolute atomic E-state index is 0.0535. The topological polar surface area (TPSA) is 53.1 Å². The molecule has 8 heteroatoms. The Balaban J connectivity index is 1.38. The highest BCUT2D eigenvalue weighted by Gasteiger charge is 2.38. The summed E-state index contributed by atoms with van der Waals surface area (Å²) in [5, 5.41) is 0. The maximum atomic E-state index is 13.2. The maximum Gasteiger partial charge on any atom is 0.255 e. The lowest BCUT2D eigenvalue weighted by molar-refractivity contribution is -0.135. The highest BCUT2D eigenvalue weighted by Crippen LogP contribution is 2.27. The molecule has 0 bridgehead atoms. The van der Waals surface area contributed by atoms with Crippen LogP contribution in [-0.4, -0.2) is 72.6 Å². The molecule has 2 aliphatic heterocycles. The van der Waals surface area contributed by atoms with Gasteiger partial charge in [-0.1, -0.05) is 22.0 Å². The molecular formula is C22H24BrN3O3S. The van der Waals surface area contributed by atoms with Crippen molar-refractivity contribution < 1.29 is 14.3 Å². The van der Waals surface area contributed by atoms with Crippen LogP contribution < -0.4 is 9.64 Å². The molecule has 2 aliphatic rings. The average molecular weight is 490 g/mol. The highest BCUT2D eigenvalue weighted by molar-refractivity contribution is 9.10. The standard InChI is InChI=1S/C22H24BrN3O3S/c1-29-19-7-5-18(6-8-19)24-9-11-25(12-10-24)22(28)20-14-30-15-26(20)21(27)16-3-2-4-17(23)13-16/h2-8,13,20H,9-12,14-15H2,1H3. The fourth-order valence-electron chi connectivity index (χ4n) is 3.82. The first-order valence-electron chi connectivity index (χ1n) is 9.89. The SMILES string of the molecule is COc1ccc(N2CCN(C(=O)C3CSCN3C(=O)c3cccc(Br)c3)CC2)cc1. The summed E-state index contributed by atoms with van der Waals surface area (Å²) in [5.74, 6) is 2.00. The number of nitrogens with zero attached hydrogens (tertiary/aromatic N) is 3. The van der Waals surface area contributed by atoms with Gasteiger partial charge in [-0.25, -0.2) is 0 Å². The van der Waals surface area contributed by atoms with Gasteiger partial charge < -0.3 is 19.4 Å². The quantitative estimate of drug-likeness (QED) is 0.659. The largest absolute Gasteiger partial charge is 0.497 e. The predicted molar refractivity (Wildman–Crippen MR) is 123 cm³/mol. The van der Waals surface area contributed by atoms with Gasteiger partial charge in [0.15, 0.2) is 0 Å². The Hall–Kier alpha value is -2.19. The molecule has 30 heavy (non-hydrogen) atoms. The summed E-state index contributed by atoms with van der Waals surface area (Å²) in [6.07, 6.45) is 0. The first kappa shape index (κ1) is 21.1. The second-order valence-electron chi connectivity index (χ2n) is 7.31. The van der Waals surface area contributed by atoms with Crippen LogP contribution in [0, 0.1) is 0 Å². The van der Waals surface area contributed by atoms with Crippen LogP contribution in [0.2, 0.25) is 0 Å². The Morgan fingerprint density at radius 3 is 2.47 bits per heavy atom. The first-order valence-corrected chi connectivity index (χ1v) is 11.8. The van der Waals surface area contributed by atoms with Gasteiger partial charge >= 0.3 is 0 Å². The predicted octanol–water partition coefficient (Wildman–Crippen LogP) is 3.32. The number of carbonyl (C=O) groups is 2. The highest BCUT2D eigenvalue weighted by atomic mass is 79.9. The summed E-state index contributed by atoms with van der Waals surface area (Å²) in [7, 11) is 1.66. The van der Waals surface area contributed by atoms with Crippen LogP contribution in [0.5, 0.6) is 5.75 Å². The molecule has 2 fully saturated rings. The lowest BCUT2D eigenvalue weighted by Gasteiger charge is -2.38. The number of benzene rings is 2. The Kier molecular flexibility index (Phi) is 6.53. The van der Waals surface area contributed by atoms with Crippen LogP contribution >= 0.6 is 27.7 Å². The van der Waals surface area contributed by atoms with E-state index in [0.717, 1.165) is 29.0 Å². The molecule has 2 saturated heterocycles. The van der Waals surface area contributed by atoms with Gasteiger partial charge in [0.05, 0.1) is 13.0 Å². The Morgan fingerprint density at radius 1 is 1.07 bits per heavy atom. The molecule has 0 N–H and O–H groups in total. The third-order valence-corrected chi connectivity index (χ3v) is 7.03. The second kappa shape index (κ2) is 9.31. The monoisotopic (exact) mass is 489 g/mol. The lowest BCUT2D eigenvalue weighted by atomic mass is 10.1. The zero-order chi connectivity index (χ0) is 21.1. The van der Waals surface area contributed by atoms with Gasteiger partial charge in [-0.3, -0.25) is 9.59 Å². The Morgan fingerprint density at radius 2 is 1.80 bits per heavy atom. The number of amides is 2. The summed E-state index contributed by atoms with van der Waals surface area (Å²) in [6.45, 7) is 2.87. The number of thioether (sulfide) groups is 1. The number of hydrogen-bond donors (Lipinski definition) is 0. The summed E-state index contributed by atoms with van der Waals surface area (Å²) < 4.78 is 6.08. The van der Waals surface area contributed by atoms with Gasteiger partial charge in [-0.2, -0.15) is 0 Å². The second-order valence-corrected chi connectivity index (χ2v) is 9.23. The van der Waals surface area contributed by atoms with E-state index in [0.29, 0.717) is 30.3 Å². The maximum absolute atomic E-state index is 13.2. The first-order chi connectivity index (χ1) is 14.6. The van der Waals surface area contributed by atoms with E-state index in [4.69, 9.17) is 4.74 Å². The molecule has 2 heterocycles. The van der Waals surface area contributed by atoms with Gasteiger partial charge in [0.25, 0.3) is 5.91 Å². The lowest BCUT2D eigenvalue weighted by Crippen LogP contribution is -2.55. The van der Waals surface area contributed by atoms with Gasteiger partial charge in [-0.15, -0.1) is 11.8 Å². The minimum Gasteiger partial charge on any atom is -0.497 e. The fraction of sp³-hybridized carbons (Fsp3) is 0.364. The van der Waals surface area contributed by atoms with Crippen molar-refractivity contribution in [2.45, 2.75) is 6.04 Å². The van der Waals surface area contributed by atoms with Crippen molar-refractivity contribution in [3.05, 3.63) is 58.6 Å². The summed E-state index contributed by atoms with van der Waals surface area (Å²) in [5.41, 5.74) is 1.74. The van der Waals surface area contributed by atoms with Crippen LogP contribution in [-0.2, 0) is 4.79 Å². The number of halogens is 1. The smallest absolute Gasteiger partial charge is 0.255 e. The molecule has 0 spiro atoms. The molecule has 2 aromatic rings. The van der Waals surface area contributed by atoms with Crippen molar-refractivity contribution in [1.82, 2.24) is 9.80 Å². The molecule has 2 amide bonds. The van der Waals surface area contributed by atoms with Crippen molar-refractivity contribution in [2.75, 3.05) is 49.8 Å². The minimum atomic E-state index is -0.394. The van der Waals surface area contributed by atoms with Crippen LogP contribution in [0.15, 0.2) is 53.0 Å². The summed E-state index contributed by atoms with van der Waals surface area (Å²) in [4.78, 5) is 32.1. The van der Waals surface area contributed by atoms with Crippen molar-refractivity contribution in [2.24, 2.45) is 0 Å². The van der Waals surface area contributed by atoms with E-state index in [1.165, 1.54) is 0 Å². The van der Waals surface area contributed by atoms with Crippen molar-refractivity contribution in [1.29, 1.82) is 0 Å². The summed E-state index contributed by atoms with van der Waals surface area (Å²) in [6, 6.07) is 14.9. The molecular weight excluding hydrogens is 466 g/mol. The number of ether oxygens (including phenoxy) is 1. The average Bonchev–Trinajstić information content (AvgIpc) is 3.28. The number of methoxy groups -OCH3 is 1. The molecule has 4 rings (SSSR count). The zero-order valence-corrected chi connectivity index (χ0v) is 19.2. The van der Waals surface area contributed by atoms with Crippen LogP contribution in [0.25, 0.3) is 0 Å². The third-order valence-electron chi connectivity index (χ3n) is 5.53. The van der Waals surface area contributed by atoms with E-state index >= 15 is 0 Å². The van der Waals surface area contributed by atoms with Crippen LogP contribution in [0.4, 0.5) is 5.69 Å². The molecule has 0 aliphatic carbocycles. The van der Waals surface area contributed by atoms with Crippen molar-refractivity contribution >= 4 is 45.2 Å². The molecule has 0 saturated carbocycles. The van der Waals surface area contributed by atoms with E-state index in [9.17, 15) is 9.59 Å². The molecule has 0 radical (unpaired) electrons. The van der Waals surface area contributed by atoms with E-state index in [1.54, 1.807) is 35.9 Å². The fourth-order valence-corrected chi connectivity index (χ4v) is 5.37. The molecule has 1 unspecified atom stereocenters. The third kappa shape index (κ3) is 4.44. The molecule has 0 aromatic heterocycles. The van der Waals surface area contributed by atoms with E-state index < -0.39 is 6.04 Å². The van der Waals surface area contributed by atoms with Crippen LogP contribution in [0.1, 0.15) is 10.4 Å². The molecule has 2 aromatic carbocycles. The number of carbonyl (C=O) groups excluding carboxylic acids is 2. The van der Waals surface area contributed by atoms with Gasteiger partial charge in [0.2, 0.25) is 5.91 Å². The van der Waals surface area contributed by atoms with Gasteiger partial charge in [-0.05, 0) is 42.5 Å². The van der Waals surface area contributed by atoms with E-state index in [2.05, 4.69) is 20.8 Å². The number of piperazine rings is 1. The molecule has 158 valence electrons. The summed E-state index contributed by atoms with van der Waals surface area (Å²) >= 11 is 5.05. The number of anilines is 1. The number of hydrogen-bond acceptors (Lipinski definition) is 5. The Labute approximate surface area is 189 Å². The molecule has 1 atom stereocenters. The van der Waals surface area contributed by atoms with Crippen LogP contribution in [0.3, 0.4) is 0 Å².